The van der Waals surface area contributed by atoms with E-state index in [4.69, 9.17) is 11.6 Å². The van der Waals surface area contributed by atoms with E-state index in [-0.39, 0.29) is 15.6 Å². The Hall–Kier alpha value is -0.720. The number of rotatable bonds is 3. The van der Waals surface area contributed by atoms with E-state index < -0.39 is 10.0 Å². The Kier molecular flexibility index (Phi) is 4.11. The van der Waals surface area contributed by atoms with Crippen LogP contribution in [0.2, 0.25) is 5.28 Å². The van der Waals surface area contributed by atoms with Crippen molar-refractivity contribution in [3.8, 4) is 0 Å². The summed E-state index contributed by atoms with van der Waals surface area (Å²) < 4.78 is 25.5. The lowest BCUT2D eigenvalue weighted by Gasteiger charge is -2.25. The van der Waals surface area contributed by atoms with Gasteiger partial charge in [0, 0.05) is 13.6 Å². The Balaban J connectivity index is 2.99. The molecule has 5 nitrogen and oxygen atoms in total. The second-order valence-electron chi connectivity index (χ2n) is 5.01. The first kappa shape index (κ1) is 14.3. The summed E-state index contributed by atoms with van der Waals surface area (Å²) in [4.78, 5) is 7.40. The van der Waals surface area contributed by atoms with Gasteiger partial charge < -0.3 is 0 Å². The molecule has 0 atom stereocenters. The average Bonchev–Trinajstić information content (AvgIpc) is 2.15. The van der Waals surface area contributed by atoms with E-state index in [0.717, 1.165) is 0 Å². The zero-order valence-electron chi connectivity index (χ0n) is 10.3. The number of hydrogen-bond acceptors (Lipinski definition) is 4. The average molecular weight is 278 g/mol. The summed E-state index contributed by atoms with van der Waals surface area (Å²) in [5.41, 5.74) is -0.116. The van der Waals surface area contributed by atoms with Crippen LogP contribution in [0.1, 0.15) is 20.8 Å². The molecule has 0 aliphatic rings. The van der Waals surface area contributed by atoms with Crippen molar-refractivity contribution >= 4 is 21.6 Å². The zero-order chi connectivity index (χ0) is 13.3. The molecule has 0 radical (unpaired) electrons. The Morgan fingerprint density at radius 3 is 2.18 bits per heavy atom. The first-order chi connectivity index (χ1) is 7.63. The van der Waals surface area contributed by atoms with Crippen molar-refractivity contribution in [3.05, 3.63) is 17.7 Å². The number of aromatic nitrogens is 2. The van der Waals surface area contributed by atoms with E-state index in [9.17, 15) is 8.42 Å². The molecule has 17 heavy (non-hydrogen) atoms. The van der Waals surface area contributed by atoms with Crippen molar-refractivity contribution in [3.63, 3.8) is 0 Å². The van der Waals surface area contributed by atoms with Gasteiger partial charge in [-0.05, 0) is 17.0 Å². The van der Waals surface area contributed by atoms with Crippen molar-refractivity contribution in [2.45, 2.75) is 25.7 Å². The molecule has 0 N–H and O–H groups in total. The largest absolute Gasteiger partial charge is 0.245 e. The van der Waals surface area contributed by atoms with Gasteiger partial charge in [-0.15, -0.1) is 0 Å². The van der Waals surface area contributed by atoms with Crippen LogP contribution in [0.25, 0.3) is 0 Å². The first-order valence-electron chi connectivity index (χ1n) is 5.07. The number of nitrogens with zero attached hydrogens (tertiary/aromatic N) is 3. The predicted octanol–water partition coefficient (Wildman–Crippen LogP) is 1.80. The highest BCUT2D eigenvalue weighted by molar-refractivity contribution is 7.89. The van der Waals surface area contributed by atoms with E-state index in [0.29, 0.717) is 6.54 Å². The molecule has 1 rings (SSSR count). The molecule has 1 aromatic heterocycles. The fourth-order valence-corrected chi connectivity index (χ4v) is 2.75. The van der Waals surface area contributed by atoms with Gasteiger partial charge in [-0.25, -0.2) is 22.7 Å². The summed E-state index contributed by atoms with van der Waals surface area (Å²) in [6.07, 6.45) is 2.42. The molecule has 0 saturated heterocycles. The Morgan fingerprint density at radius 1 is 1.29 bits per heavy atom. The number of sulfonamides is 1. The smallest absolute Gasteiger partial charge is 0.225 e. The van der Waals surface area contributed by atoms with Crippen LogP contribution in [0.4, 0.5) is 0 Å². The maximum Gasteiger partial charge on any atom is 0.245 e. The van der Waals surface area contributed by atoms with Crippen molar-refractivity contribution in [2.24, 2.45) is 5.41 Å². The van der Waals surface area contributed by atoms with Gasteiger partial charge in [0.25, 0.3) is 0 Å². The molecule has 0 fully saturated rings. The van der Waals surface area contributed by atoms with Crippen molar-refractivity contribution in [1.82, 2.24) is 14.3 Å². The SMILES string of the molecule is CN(CC(C)(C)C)S(=O)(=O)c1cnc(Cl)nc1. The van der Waals surface area contributed by atoms with Crippen LogP contribution in [0.5, 0.6) is 0 Å². The fourth-order valence-electron chi connectivity index (χ4n) is 1.37. The Morgan fingerprint density at radius 2 is 1.76 bits per heavy atom. The molecule has 7 heteroatoms. The summed E-state index contributed by atoms with van der Waals surface area (Å²) in [5, 5.41) is 0.0300. The summed E-state index contributed by atoms with van der Waals surface area (Å²) in [7, 11) is -2.00. The quantitative estimate of drug-likeness (QED) is 0.791. The van der Waals surface area contributed by atoms with Gasteiger partial charge in [0.1, 0.15) is 4.90 Å². The van der Waals surface area contributed by atoms with E-state index in [1.807, 2.05) is 20.8 Å². The molecule has 96 valence electrons. The molecule has 0 unspecified atom stereocenters. The third-order valence-electron chi connectivity index (χ3n) is 2.00. The maximum absolute atomic E-state index is 12.1. The molecule has 0 saturated carbocycles. The minimum absolute atomic E-state index is 0.0300. The topological polar surface area (TPSA) is 63.2 Å². The van der Waals surface area contributed by atoms with Gasteiger partial charge in [0.2, 0.25) is 15.3 Å². The normalized spacial score (nSPS) is 13.1. The van der Waals surface area contributed by atoms with Gasteiger partial charge in [-0.3, -0.25) is 0 Å². The molecule has 0 aliphatic heterocycles. The molecule has 0 amide bonds. The molecule has 1 aromatic rings. The van der Waals surface area contributed by atoms with E-state index in [1.165, 1.54) is 23.7 Å². The summed E-state index contributed by atoms with van der Waals surface area (Å²) in [5.74, 6) is 0. The zero-order valence-corrected chi connectivity index (χ0v) is 11.9. The molecule has 1 heterocycles. The predicted molar refractivity (Wildman–Crippen MR) is 66.3 cm³/mol. The number of halogens is 1. The second kappa shape index (κ2) is 4.88. The van der Waals surface area contributed by atoms with Crippen LogP contribution in [0, 0.1) is 5.41 Å². The van der Waals surface area contributed by atoms with E-state index in [2.05, 4.69) is 9.97 Å². The van der Waals surface area contributed by atoms with Crippen molar-refractivity contribution in [1.29, 1.82) is 0 Å². The minimum Gasteiger partial charge on any atom is -0.225 e. The van der Waals surface area contributed by atoms with Gasteiger partial charge in [0.05, 0.1) is 12.4 Å². The maximum atomic E-state index is 12.1. The van der Waals surface area contributed by atoms with Crippen LogP contribution >= 0.6 is 11.6 Å². The Bertz CT molecular complexity index is 479. The van der Waals surface area contributed by atoms with Crippen LogP contribution in [-0.2, 0) is 10.0 Å². The second-order valence-corrected chi connectivity index (χ2v) is 7.39. The van der Waals surface area contributed by atoms with E-state index in [1.54, 1.807) is 0 Å². The van der Waals surface area contributed by atoms with Crippen LogP contribution < -0.4 is 0 Å². The molecular weight excluding hydrogens is 262 g/mol. The summed E-state index contributed by atoms with van der Waals surface area (Å²) in [6, 6.07) is 0. The molecule has 0 aliphatic carbocycles. The summed E-state index contributed by atoms with van der Waals surface area (Å²) in [6.45, 7) is 6.32. The van der Waals surface area contributed by atoms with Crippen LogP contribution in [0.3, 0.4) is 0 Å². The highest BCUT2D eigenvalue weighted by Gasteiger charge is 2.25. The van der Waals surface area contributed by atoms with Gasteiger partial charge in [-0.1, -0.05) is 20.8 Å². The third-order valence-corrected chi connectivity index (χ3v) is 3.95. The molecule has 0 spiro atoms. The monoisotopic (exact) mass is 277 g/mol. The van der Waals surface area contributed by atoms with Crippen molar-refractivity contribution < 1.29 is 8.42 Å². The van der Waals surface area contributed by atoms with E-state index >= 15 is 0 Å². The van der Waals surface area contributed by atoms with Crippen molar-refractivity contribution in [2.75, 3.05) is 13.6 Å². The summed E-state index contributed by atoms with van der Waals surface area (Å²) >= 11 is 5.52. The lowest BCUT2D eigenvalue weighted by molar-refractivity contribution is 0.310. The molecule has 0 bridgehead atoms. The molecule has 0 aromatic carbocycles. The third kappa shape index (κ3) is 3.90. The van der Waals surface area contributed by atoms with Gasteiger partial charge >= 0.3 is 0 Å². The lowest BCUT2D eigenvalue weighted by atomic mass is 9.97. The first-order valence-corrected chi connectivity index (χ1v) is 6.88. The lowest BCUT2D eigenvalue weighted by Crippen LogP contribution is -2.34. The number of hydrogen-bond donors (Lipinski definition) is 0. The van der Waals surface area contributed by atoms with Crippen LogP contribution in [0.15, 0.2) is 17.3 Å². The fraction of sp³-hybridized carbons (Fsp3) is 0.600. The van der Waals surface area contributed by atoms with Gasteiger partial charge in [-0.2, -0.15) is 0 Å². The van der Waals surface area contributed by atoms with Gasteiger partial charge in [0.15, 0.2) is 0 Å². The standard InChI is InChI=1S/C10H16ClN3O2S/c1-10(2,3)7-14(4)17(15,16)8-5-12-9(11)13-6-8/h5-6H,7H2,1-4H3. The highest BCUT2D eigenvalue weighted by Crippen LogP contribution is 2.20. The molecular formula is C10H16ClN3O2S. The Labute approximate surface area is 107 Å². The minimum atomic E-state index is -3.54. The highest BCUT2D eigenvalue weighted by atomic mass is 35.5. The van der Waals surface area contributed by atoms with Crippen LogP contribution in [-0.4, -0.2) is 36.3 Å².